The molecular weight excluding hydrogens is 214 g/mol. The number of carbonyl (C=O) groups is 1. The fourth-order valence-electron chi connectivity index (χ4n) is 1.46. The molecule has 0 saturated carbocycles. The molecule has 3 N–H and O–H groups in total. The van der Waals surface area contributed by atoms with Gasteiger partial charge < -0.3 is 10.8 Å². The third kappa shape index (κ3) is 3.53. The van der Waals surface area contributed by atoms with Crippen molar-refractivity contribution in [2.75, 3.05) is 0 Å². The van der Waals surface area contributed by atoms with Gasteiger partial charge in [-0.3, -0.25) is 4.79 Å². The van der Waals surface area contributed by atoms with Gasteiger partial charge in [0, 0.05) is 17.5 Å². The van der Waals surface area contributed by atoms with Gasteiger partial charge in [0.2, 0.25) is 0 Å². The molecule has 0 aliphatic heterocycles. The van der Waals surface area contributed by atoms with E-state index in [9.17, 15) is 4.79 Å². The van der Waals surface area contributed by atoms with Crippen LogP contribution in [0.5, 0.6) is 0 Å². The Labute approximate surface area is 93.9 Å². The lowest BCUT2D eigenvalue weighted by atomic mass is 9.98. The lowest BCUT2D eigenvalue weighted by Gasteiger charge is -2.12. The highest BCUT2D eigenvalue weighted by Crippen LogP contribution is 2.22. The molecule has 0 radical (unpaired) electrons. The fraction of sp³-hybridized carbons (Fsp3) is 0.364. The Bertz CT molecular complexity index is 364. The molecule has 0 spiro atoms. The van der Waals surface area contributed by atoms with Crippen molar-refractivity contribution in [1.82, 2.24) is 0 Å². The summed E-state index contributed by atoms with van der Waals surface area (Å²) < 4.78 is 0. The number of hydrogen-bond acceptors (Lipinski definition) is 2. The van der Waals surface area contributed by atoms with E-state index < -0.39 is 5.97 Å². The van der Waals surface area contributed by atoms with Crippen molar-refractivity contribution in [2.24, 2.45) is 5.73 Å². The molecule has 0 amide bonds. The van der Waals surface area contributed by atoms with Gasteiger partial charge in [-0.2, -0.15) is 0 Å². The summed E-state index contributed by atoms with van der Waals surface area (Å²) in [6.45, 7) is 1.86. The minimum Gasteiger partial charge on any atom is -0.481 e. The Kier molecular flexibility index (Phi) is 4.12. The van der Waals surface area contributed by atoms with Crippen LogP contribution in [0, 0.1) is 0 Å². The molecule has 1 atom stereocenters. The maximum Gasteiger partial charge on any atom is 0.303 e. The number of carboxylic acids is 1. The average Bonchev–Trinajstić information content (AvgIpc) is 2.15. The predicted molar refractivity (Wildman–Crippen MR) is 60.0 cm³/mol. The molecule has 0 bridgehead atoms. The molecule has 1 rings (SSSR count). The van der Waals surface area contributed by atoms with Crippen molar-refractivity contribution >= 4 is 17.6 Å². The van der Waals surface area contributed by atoms with E-state index in [1.165, 1.54) is 0 Å². The van der Waals surface area contributed by atoms with Crippen LogP contribution in [0.1, 0.15) is 30.5 Å². The summed E-state index contributed by atoms with van der Waals surface area (Å²) >= 11 is 5.85. The second-order valence-electron chi connectivity index (χ2n) is 3.53. The van der Waals surface area contributed by atoms with Crippen LogP contribution in [0.4, 0.5) is 0 Å². The van der Waals surface area contributed by atoms with E-state index in [2.05, 4.69) is 0 Å². The van der Waals surface area contributed by atoms with Gasteiger partial charge >= 0.3 is 5.97 Å². The van der Waals surface area contributed by atoms with E-state index >= 15 is 0 Å². The van der Waals surface area contributed by atoms with Crippen LogP contribution >= 0.6 is 11.6 Å². The number of carboxylic acid groups (broad SMARTS) is 1. The molecule has 15 heavy (non-hydrogen) atoms. The van der Waals surface area contributed by atoms with Crippen LogP contribution in [0.3, 0.4) is 0 Å². The van der Waals surface area contributed by atoms with Crippen LogP contribution in [0.25, 0.3) is 0 Å². The molecule has 0 saturated heterocycles. The summed E-state index contributed by atoms with van der Waals surface area (Å²) in [6.07, 6.45) is 0.602. The van der Waals surface area contributed by atoms with Gasteiger partial charge in [0.25, 0.3) is 0 Å². The number of hydrogen-bond donors (Lipinski definition) is 2. The van der Waals surface area contributed by atoms with Crippen molar-refractivity contribution in [2.45, 2.75) is 25.8 Å². The maximum atomic E-state index is 10.5. The highest BCUT2D eigenvalue weighted by Gasteiger charge is 2.09. The summed E-state index contributed by atoms with van der Waals surface area (Å²) in [6, 6.07) is 5.25. The monoisotopic (exact) mass is 227 g/mol. The van der Waals surface area contributed by atoms with Gasteiger partial charge in [-0.05, 0) is 36.6 Å². The first-order chi connectivity index (χ1) is 7.00. The first kappa shape index (κ1) is 12.0. The molecule has 3 nitrogen and oxygen atoms in total. The fourth-order valence-corrected chi connectivity index (χ4v) is 1.64. The maximum absolute atomic E-state index is 10.5. The summed E-state index contributed by atoms with van der Waals surface area (Å²) in [4.78, 5) is 10.5. The summed E-state index contributed by atoms with van der Waals surface area (Å²) in [7, 11) is 0. The van der Waals surface area contributed by atoms with Gasteiger partial charge in [-0.15, -0.1) is 0 Å². The molecular formula is C11H14ClNO2. The van der Waals surface area contributed by atoms with Crippen LogP contribution in [-0.2, 0) is 11.2 Å². The van der Waals surface area contributed by atoms with E-state index in [0.717, 1.165) is 11.1 Å². The van der Waals surface area contributed by atoms with Crippen LogP contribution in [0.15, 0.2) is 18.2 Å². The lowest BCUT2D eigenvalue weighted by Crippen LogP contribution is -2.09. The van der Waals surface area contributed by atoms with Gasteiger partial charge in [0.1, 0.15) is 0 Å². The molecule has 0 aliphatic carbocycles. The summed E-state index contributed by atoms with van der Waals surface area (Å²) in [5.74, 6) is -0.805. The van der Waals surface area contributed by atoms with Crippen molar-refractivity contribution < 1.29 is 9.90 Å². The lowest BCUT2D eigenvalue weighted by molar-refractivity contribution is -0.136. The van der Waals surface area contributed by atoms with Crippen molar-refractivity contribution in [3.63, 3.8) is 0 Å². The van der Waals surface area contributed by atoms with E-state index in [0.29, 0.717) is 11.4 Å². The second kappa shape index (κ2) is 5.14. The minimum atomic E-state index is -0.805. The Balaban J connectivity index is 2.90. The third-order valence-corrected chi connectivity index (χ3v) is 2.44. The number of benzene rings is 1. The third-order valence-electron chi connectivity index (χ3n) is 2.21. The molecule has 0 heterocycles. The van der Waals surface area contributed by atoms with Crippen LogP contribution in [-0.4, -0.2) is 11.1 Å². The average molecular weight is 228 g/mol. The zero-order valence-corrected chi connectivity index (χ0v) is 9.29. The molecule has 1 aromatic rings. The Morgan fingerprint density at radius 1 is 1.60 bits per heavy atom. The Morgan fingerprint density at radius 2 is 2.27 bits per heavy atom. The van der Waals surface area contributed by atoms with E-state index in [1.54, 1.807) is 12.1 Å². The molecule has 0 fully saturated rings. The van der Waals surface area contributed by atoms with Crippen molar-refractivity contribution in [3.8, 4) is 0 Å². The first-order valence-corrected chi connectivity index (χ1v) is 5.14. The zero-order chi connectivity index (χ0) is 11.4. The summed E-state index contributed by atoms with van der Waals surface area (Å²) in [5, 5.41) is 9.23. The molecule has 1 aromatic carbocycles. The van der Waals surface area contributed by atoms with Gasteiger partial charge in [0.15, 0.2) is 0 Å². The molecule has 0 aromatic heterocycles. The summed E-state index contributed by atoms with van der Waals surface area (Å²) in [5.41, 5.74) is 7.66. The normalized spacial score (nSPS) is 12.5. The Morgan fingerprint density at radius 3 is 2.80 bits per heavy atom. The van der Waals surface area contributed by atoms with E-state index in [-0.39, 0.29) is 12.5 Å². The topological polar surface area (TPSA) is 63.3 Å². The van der Waals surface area contributed by atoms with Gasteiger partial charge in [-0.1, -0.05) is 17.7 Å². The Hall–Kier alpha value is -1.06. The number of aliphatic carboxylic acids is 1. The van der Waals surface area contributed by atoms with E-state index in [1.807, 2.05) is 13.0 Å². The molecule has 0 unspecified atom stereocenters. The van der Waals surface area contributed by atoms with Crippen LogP contribution in [0.2, 0.25) is 5.02 Å². The largest absolute Gasteiger partial charge is 0.481 e. The SMILES string of the molecule is C[C@H](N)c1cc(Cl)ccc1CCC(=O)O. The molecule has 0 aliphatic rings. The number of halogens is 1. The number of aryl methyl sites for hydroxylation is 1. The van der Waals surface area contributed by atoms with Gasteiger partial charge in [-0.25, -0.2) is 0 Å². The molecule has 4 heteroatoms. The van der Waals surface area contributed by atoms with E-state index in [4.69, 9.17) is 22.4 Å². The second-order valence-corrected chi connectivity index (χ2v) is 3.96. The zero-order valence-electron chi connectivity index (χ0n) is 8.53. The van der Waals surface area contributed by atoms with Gasteiger partial charge in [0.05, 0.1) is 0 Å². The molecule has 82 valence electrons. The smallest absolute Gasteiger partial charge is 0.303 e. The standard InChI is InChI=1S/C11H14ClNO2/c1-7(13)10-6-9(12)4-2-8(10)3-5-11(14)15/h2,4,6-7H,3,5,13H2,1H3,(H,14,15)/t7-/m0/s1. The highest BCUT2D eigenvalue weighted by atomic mass is 35.5. The number of nitrogens with two attached hydrogens (primary N) is 1. The number of rotatable bonds is 4. The predicted octanol–water partition coefficient (Wildman–Crippen LogP) is 2.38. The highest BCUT2D eigenvalue weighted by molar-refractivity contribution is 6.30. The van der Waals surface area contributed by atoms with Crippen molar-refractivity contribution in [3.05, 3.63) is 34.3 Å². The van der Waals surface area contributed by atoms with Crippen LogP contribution < -0.4 is 5.73 Å². The first-order valence-electron chi connectivity index (χ1n) is 4.76. The quantitative estimate of drug-likeness (QED) is 0.830. The minimum absolute atomic E-state index is 0.112. The van der Waals surface area contributed by atoms with Crippen molar-refractivity contribution in [1.29, 1.82) is 0 Å².